The normalized spacial score (nSPS) is 14.6. The summed E-state index contributed by atoms with van der Waals surface area (Å²) >= 11 is 0. The minimum atomic E-state index is -1.67. The molecule has 0 saturated heterocycles. The summed E-state index contributed by atoms with van der Waals surface area (Å²) in [6.45, 7) is -1.35. The Morgan fingerprint density at radius 3 is 1.74 bits per heavy atom. The van der Waals surface area contributed by atoms with Gasteiger partial charge in [-0.2, -0.15) is 0 Å². The van der Waals surface area contributed by atoms with Gasteiger partial charge in [-0.05, 0) is 25.8 Å². The maximum Gasteiger partial charge on any atom is 0.328 e. The second-order valence-corrected chi connectivity index (χ2v) is 6.71. The van der Waals surface area contributed by atoms with E-state index in [1.54, 1.807) is 0 Å². The van der Waals surface area contributed by atoms with Crippen molar-refractivity contribution in [1.29, 1.82) is 0 Å². The standard InChI is InChI=1S/C17H31N5O9/c18-6-2-1-3-9(19)14(27)21-11(7-23)16(29)20-10(4-5-13(25)26)15(28)22-12(8-24)17(30)31/h9-12,23-24H,1-8,18-19H2,(H,20,29)(H,21,27)(H,22,28)(H,25,26)(H,30,31). The van der Waals surface area contributed by atoms with E-state index in [2.05, 4.69) is 10.6 Å². The van der Waals surface area contributed by atoms with Crippen molar-refractivity contribution in [3.05, 3.63) is 0 Å². The van der Waals surface area contributed by atoms with Gasteiger partial charge in [0.25, 0.3) is 0 Å². The summed E-state index contributed by atoms with van der Waals surface area (Å²) in [7, 11) is 0. The molecule has 11 N–H and O–H groups in total. The molecule has 14 heteroatoms. The summed E-state index contributed by atoms with van der Waals surface area (Å²) < 4.78 is 0. The summed E-state index contributed by atoms with van der Waals surface area (Å²) in [5, 5.41) is 42.5. The van der Waals surface area contributed by atoms with Crippen LogP contribution >= 0.6 is 0 Å². The van der Waals surface area contributed by atoms with Gasteiger partial charge in [-0.1, -0.05) is 6.42 Å². The third-order valence-corrected chi connectivity index (χ3v) is 4.20. The number of carbonyl (C=O) groups is 5. The first-order chi connectivity index (χ1) is 14.6. The van der Waals surface area contributed by atoms with Crippen LogP contribution in [0.3, 0.4) is 0 Å². The highest BCUT2D eigenvalue weighted by Gasteiger charge is 2.30. The number of amides is 3. The number of hydrogen-bond donors (Lipinski definition) is 9. The lowest BCUT2D eigenvalue weighted by molar-refractivity contribution is -0.144. The summed E-state index contributed by atoms with van der Waals surface area (Å²) in [5.41, 5.74) is 11.1. The van der Waals surface area contributed by atoms with Gasteiger partial charge in [0, 0.05) is 6.42 Å². The molecule has 0 bridgehead atoms. The Kier molecular flexibility index (Phi) is 13.7. The number of nitrogens with two attached hydrogens (primary N) is 2. The second kappa shape index (κ2) is 15.1. The molecule has 4 atom stereocenters. The van der Waals surface area contributed by atoms with Crippen molar-refractivity contribution in [2.24, 2.45) is 11.5 Å². The van der Waals surface area contributed by atoms with Crippen LogP contribution < -0.4 is 27.4 Å². The fourth-order valence-electron chi connectivity index (χ4n) is 2.38. The van der Waals surface area contributed by atoms with Gasteiger partial charge in [0.1, 0.15) is 18.1 Å². The maximum absolute atomic E-state index is 12.4. The molecule has 0 saturated carbocycles. The van der Waals surface area contributed by atoms with Crippen LogP contribution in [0.4, 0.5) is 0 Å². The fourth-order valence-corrected chi connectivity index (χ4v) is 2.38. The Hall–Kier alpha value is -2.81. The number of carboxylic acid groups (broad SMARTS) is 2. The van der Waals surface area contributed by atoms with Crippen molar-refractivity contribution in [3.8, 4) is 0 Å². The number of carbonyl (C=O) groups excluding carboxylic acids is 3. The number of hydrogen-bond acceptors (Lipinski definition) is 9. The van der Waals surface area contributed by atoms with Crippen molar-refractivity contribution < 1.29 is 44.4 Å². The molecule has 0 aliphatic carbocycles. The van der Waals surface area contributed by atoms with Crippen LogP contribution in [0.15, 0.2) is 0 Å². The van der Waals surface area contributed by atoms with Crippen molar-refractivity contribution in [2.75, 3.05) is 19.8 Å². The average Bonchev–Trinajstić information content (AvgIpc) is 2.72. The topological polar surface area (TPSA) is 254 Å². The number of carboxylic acids is 2. The fraction of sp³-hybridized carbons (Fsp3) is 0.706. The highest BCUT2D eigenvalue weighted by Crippen LogP contribution is 2.02. The van der Waals surface area contributed by atoms with E-state index in [0.29, 0.717) is 25.8 Å². The van der Waals surface area contributed by atoms with E-state index < -0.39 is 79.9 Å². The Morgan fingerprint density at radius 1 is 0.742 bits per heavy atom. The molecule has 4 unspecified atom stereocenters. The first-order valence-corrected chi connectivity index (χ1v) is 9.60. The van der Waals surface area contributed by atoms with Gasteiger partial charge in [-0.3, -0.25) is 19.2 Å². The molecule has 3 amide bonds. The lowest BCUT2D eigenvalue weighted by Gasteiger charge is -2.23. The van der Waals surface area contributed by atoms with Gasteiger partial charge in [0.2, 0.25) is 17.7 Å². The van der Waals surface area contributed by atoms with Crippen LogP contribution in [0.2, 0.25) is 0 Å². The van der Waals surface area contributed by atoms with Gasteiger partial charge in [-0.15, -0.1) is 0 Å². The van der Waals surface area contributed by atoms with Gasteiger partial charge >= 0.3 is 11.9 Å². The molecule has 0 rings (SSSR count). The molecule has 0 aliphatic heterocycles. The van der Waals surface area contributed by atoms with Crippen LogP contribution in [-0.2, 0) is 24.0 Å². The Balaban J connectivity index is 5.13. The van der Waals surface area contributed by atoms with Crippen molar-refractivity contribution in [2.45, 2.75) is 56.3 Å². The van der Waals surface area contributed by atoms with Gasteiger partial charge < -0.3 is 47.8 Å². The molecule has 0 spiro atoms. The first-order valence-electron chi connectivity index (χ1n) is 9.60. The maximum atomic E-state index is 12.4. The number of aliphatic carboxylic acids is 2. The molecule has 0 aliphatic rings. The molecule has 0 aromatic rings. The molecule has 0 aromatic carbocycles. The van der Waals surface area contributed by atoms with Crippen LogP contribution in [0.1, 0.15) is 32.1 Å². The van der Waals surface area contributed by atoms with Crippen LogP contribution in [0, 0.1) is 0 Å². The summed E-state index contributed by atoms with van der Waals surface area (Å²) in [4.78, 5) is 58.6. The number of aliphatic hydroxyl groups is 2. The van der Waals surface area contributed by atoms with E-state index in [1.807, 2.05) is 5.32 Å². The van der Waals surface area contributed by atoms with E-state index in [1.165, 1.54) is 0 Å². The van der Waals surface area contributed by atoms with E-state index in [4.69, 9.17) is 26.8 Å². The summed E-state index contributed by atoms with van der Waals surface area (Å²) in [6, 6.07) is -5.61. The molecule has 0 radical (unpaired) electrons. The number of unbranched alkanes of at least 4 members (excludes halogenated alkanes) is 1. The summed E-state index contributed by atoms with van der Waals surface area (Å²) in [5.74, 6) is -5.60. The van der Waals surface area contributed by atoms with Crippen molar-refractivity contribution in [1.82, 2.24) is 16.0 Å². The van der Waals surface area contributed by atoms with E-state index >= 15 is 0 Å². The predicted molar refractivity (Wildman–Crippen MR) is 105 cm³/mol. The minimum Gasteiger partial charge on any atom is -0.481 e. The molecule has 14 nitrogen and oxygen atoms in total. The highest BCUT2D eigenvalue weighted by molar-refractivity contribution is 5.94. The predicted octanol–water partition coefficient (Wildman–Crippen LogP) is -4.17. The smallest absolute Gasteiger partial charge is 0.328 e. The molecule has 0 aromatic heterocycles. The Labute approximate surface area is 178 Å². The number of nitrogens with one attached hydrogen (secondary N) is 3. The number of aliphatic hydroxyl groups excluding tert-OH is 2. The first kappa shape index (κ1) is 28.2. The third kappa shape index (κ3) is 11.2. The largest absolute Gasteiger partial charge is 0.481 e. The lowest BCUT2D eigenvalue weighted by atomic mass is 10.1. The second-order valence-electron chi connectivity index (χ2n) is 6.71. The highest BCUT2D eigenvalue weighted by atomic mass is 16.4. The monoisotopic (exact) mass is 449 g/mol. The average molecular weight is 449 g/mol. The zero-order valence-corrected chi connectivity index (χ0v) is 17.0. The third-order valence-electron chi connectivity index (χ3n) is 4.20. The zero-order valence-electron chi connectivity index (χ0n) is 17.0. The quantitative estimate of drug-likeness (QED) is 0.102. The van der Waals surface area contributed by atoms with Crippen LogP contribution in [-0.4, -0.2) is 94.0 Å². The van der Waals surface area contributed by atoms with Gasteiger partial charge in [0.05, 0.1) is 19.3 Å². The van der Waals surface area contributed by atoms with Crippen LogP contribution in [0.25, 0.3) is 0 Å². The zero-order chi connectivity index (χ0) is 24.0. The van der Waals surface area contributed by atoms with Crippen molar-refractivity contribution >= 4 is 29.7 Å². The Morgan fingerprint density at radius 2 is 1.26 bits per heavy atom. The van der Waals surface area contributed by atoms with Crippen molar-refractivity contribution in [3.63, 3.8) is 0 Å². The lowest BCUT2D eigenvalue weighted by Crippen LogP contribution is -2.58. The Bertz CT molecular complexity index is 631. The van der Waals surface area contributed by atoms with Gasteiger partial charge in [-0.25, -0.2) is 4.79 Å². The summed E-state index contributed by atoms with van der Waals surface area (Å²) in [6.07, 6.45) is 0.571. The molecular weight excluding hydrogens is 418 g/mol. The molecule has 178 valence electrons. The van der Waals surface area contributed by atoms with E-state index in [9.17, 15) is 29.1 Å². The number of rotatable bonds is 16. The molecule has 0 fully saturated rings. The molecule has 0 heterocycles. The van der Waals surface area contributed by atoms with E-state index in [-0.39, 0.29) is 0 Å². The minimum absolute atomic E-state index is 0.296. The van der Waals surface area contributed by atoms with E-state index in [0.717, 1.165) is 0 Å². The van der Waals surface area contributed by atoms with Crippen LogP contribution in [0.5, 0.6) is 0 Å². The molecule has 31 heavy (non-hydrogen) atoms. The van der Waals surface area contributed by atoms with Gasteiger partial charge in [0.15, 0.2) is 0 Å². The molecular formula is C17H31N5O9. The SMILES string of the molecule is NCCCCC(N)C(=O)NC(CO)C(=O)NC(CCC(=O)O)C(=O)NC(CO)C(=O)O.